The van der Waals surface area contributed by atoms with Crippen LogP contribution in [0.1, 0.15) is 12.5 Å². The molecule has 1 amide bonds. The predicted octanol–water partition coefficient (Wildman–Crippen LogP) is 2.32. The van der Waals surface area contributed by atoms with Gasteiger partial charge in [-0.3, -0.25) is 4.79 Å². The molecule has 0 saturated carbocycles. The minimum Gasteiger partial charge on any atom is -0.493 e. The molecule has 0 fully saturated rings. The molecule has 0 bridgehead atoms. The molecule has 0 unspecified atom stereocenters. The van der Waals surface area contributed by atoms with E-state index in [9.17, 15) is 13.2 Å². The van der Waals surface area contributed by atoms with Crippen LogP contribution in [0.5, 0.6) is 11.5 Å². The second-order valence-corrected chi connectivity index (χ2v) is 7.38. The predicted molar refractivity (Wildman–Crippen MR) is 99.1 cm³/mol. The second-order valence-electron chi connectivity index (χ2n) is 5.66. The van der Waals surface area contributed by atoms with E-state index in [4.69, 9.17) is 9.47 Å². The molecule has 2 N–H and O–H groups in total. The molecule has 0 heterocycles. The number of sulfonamides is 1. The zero-order valence-corrected chi connectivity index (χ0v) is 15.9. The second kappa shape index (κ2) is 8.20. The van der Waals surface area contributed by atoms with Gasteiger partial charge in [-0.05, 0) is 37.6 Å². The molecule has 0 radical (unpaired) electrons. The lowest BCUT2D eigenvalue weighted by Gasteiger charge is -2.16. The molecule has 0 aliphatic carbocycles. The highest BCUT2D eigenvalue weighted by molar-refractivity contribution is 7.89. The van der Waals surface area contributed by atoms with Gasteiger partial charge in [-0.2, -0.15) is 4.72 Å². The van der Waals surface area contributed by atoms with Crippen molar-refractivity contribution < 1.29 is 22.7 Å². The van der Waals surface area contributed by atoms with E-state index in [1.165, 1.54) is 39.3 Å². The largest absolute Gasteiger partial charge is 0.493 e. The lowest BCUT2D eigenvalue weighted by molar-refractivity contribution is -0.117. The number of ether oxygens (including phenoxy) is 2. The van der Waals surface area contributed by atoms with E-state index in [0.717, 1.165) is 5.56 Å². The van der Waals surface area contributed by atoms with Crippen LogP contribution in [0.2, 0.25) is 0 Å². The molecule has 2 aromatic rings. The zero-order chi connectivity index (χ0) is 19.3. The Kier molecular flexibility index (Phi) is 6.23. The molecule has 8 heteroatoms. The molecular weight excluding hydrogens is 356 g/mol. The van der Waals surface area contributed by atoms with E-state index in [1.54, 1.807) is 12.1 Å². The van der Waals surface area contributed by atoms with Gasteiger partial charge in [0.15, 0.2) is 11.5 Å². The fourth-order valence-corrected chi connectivity index (χ4v) is 3.51. The minimum absolute atomic E-state index is 0.0225. The topological polar surface area (TPSA) is 93.7 Å². The Morgan fingerprint density at radius 1 is 1.04 bits per heavy atom. The van der Waals surface area contributed by atoms with E-state index in [0.29, 0.717) is 11.4 Å². The number of rotatable bonds is 7. The standard InChI is InChI=1S/C18H22N2O5S/c1-12-7-5-6-8-15(12)19-18(21)13(2)20-26(22,23)14-9-10-16(24-3)17(11-14)25-4/h5-11,13,20H,1-4H3,(H,19,21)/t13-/m1/s1. The van der Waals surface area contributed by atoms with Crippen LogP contribution in [0.4, 0.5) is 5.69 Å². The monoisotopic (exact) mass is 378 g/mol. The highest BCUT2D eigenvalue weighted by atomic mass is 32.2. The summed E-state index contributed by atoms with van der Waals surface area (Å²) < 4.78 is 37.7. The summed E-state index contributed by atoms with van der Waals surface area (Å²) in [6.45, 7) is 3.33. The first-order chi connectivity index (χ1) is 12.3. The number of anilines is 1. The number of hydrogen-bond donors (Lipinski definition) is 2. The molecule has 0 aliphatic heterocycles. The summed E-state index contributed by atoms with van der Waals surface area (Å²) in [5.74, 6) is 0.243. The summed E-state index contributed by atoms with van der Waals surface area (Å²) in [7, 11) is -1.03. The number of methoxy groups -OCH3 is 2. The van der Waals surface area contributed by atoms with Crippen molar-refractivity contribution >= 4 is 21.6 Å². The Balaban J connectivity index is 2.15. The molecule has 0 aliphatic rings. The van der Waals surface area contributed by atoms with Crippen molar-refractivity contribution in [3.63, 3.8) is 0 Å². The van der Waals surface area contributed by atoms with Gasteiger partial charge in [-0.15, -0.1) is 0 Å². The highest BCUT2D eigenvalue weighted by Crippen LogP contribution is 2.29. The number of benzene rings is 2. The van der Waals surface area contributed by atoms with E-state index in [1.807, 2.05) is 19.1 Å². The maximum absolute atomic E-state index is 12.5. The third-order valence-corrected chi connectivity index (χ3v) is 5.33. The van der Waals surface area contributed by atoms with Gasteiger partial charge in [0.2, 0.25) is 15.9 Å². The normalized spacial score (nSPS) is 12.3. The smallest absolute Gasteiger partial charge is 0.242 e. The molecule has 0 aromatic heterocycles. The first kappa shape index (κ1) is 19.7. The lowest BCUT2D eigenvalue weighted by Crippen LogP contribution is -2.41. The van der Waals surface area contributed by atoms with Gasteiger partial charge in [0.25, 0.3) is 0 Å². The van der Waals surface area contributed by atoms with E-state index in [2.05, 4.69) is 10.0 Å². The Labute approximate surface area is 153 Å². The number of carbonyl (C=O) groups is 1. The van der Waals surface area contributed by atoms with Crippen molar-refractivity contribution in [3.05, 3.63) is 48.0 Å². The summed E-state index contributed by atoms with van der Waals surface area (Å²) in [4.78, 5) is 12.3. The van der Waals surface area contributed by atoms with Gasteiger partial charge >= 0.3 is 0 Å². The fraction of sp³-hybridized carbons (Fsp3) is 0.278. The van der Waals surface area contributed by atoms with Crippen LogP contribution in [0.15, 0.2) is 47.4 Å². The van der Waals surface area contributed by atoms with Gasteiger partial charge in [-0.25, -0.2) is 8.42 Å². The van der Waals surface area contributed by atoms with Crippen molar-refractivity contribution in [2.45, 2.75) is 24.8 Å². The summed E-state index contributed by atoms with van der Waals surface area (Å²) in [5.41, 5.74) is 1.52. The average molecular weight is 378 g/mol. The van der Waals surface area contributed by atoms with Gasteiger partial charge in [0.1, 0.15) is 0 Å². The quantitative estimate of drug-likeness (QED) is 0.771. The van der Waals surface area contributed by atoms with Gasteiger partial charge < -0.3 is 14.8 Å². The van der Waals surface area contributed by atoms with Crippen LogP contribution in [-0.4, -0.2) is 34.6 Å². The third-order valence-electron chi connectivity index (χ3n) is 3.79. The minimum atomic E-state index is -3.91. The Hall–Kier alpha value is -2.58. The van der Waals surface area contributed by atoms with Crippen molar-refractivity contribution in [3.8, 4) is 11.5 Å². The summed E-state index contributed by atoms with van der Waals surface area (Å²) in [5, 5.41) is 2.71. The van der Waals surface area contributed by atoms with Crippen LogP contribution in [0.25, 0.3) is 0 Å². The van der Waals surface area contributed by atoms with Crippen molar-refractivity contribution in [2.75, 3.05) is 19.5 Å². The molecule has 7 nitrogen and oxygen atoms in total. The van der Waals surface area contributed by atoms with Gasteiger partial charge in [0.05, 0.1) is 25.2 Å². The SMILES string of the molecule is COc1ccc(S(=O)(=O)N[C@H](C)C(=O)Nc2ccccc2C)cc1OC. The lowest BCUT2D eigenvalue weighted by atomic mass is 10.2. The number of para-hydroxylation sites is 1. The van der Waals surface area contributed by atoms with Crippen molar-refractivity contribution in [1.82, 2.24) is 4.72 Å². The fourth-order valence-electron chi connectivity index (χ4n) is 2.29. The van der Waals surface area contributed by atoms with Crippen LogP contribution in [-0.2, 0) is 14.8 Å². The highest BCUT2D eigenvalue weighted by Gasteiger charge is 2.23. The molecule has 2 aromatic carbocycles. The number of amides is 1. The molecule has 1 atom stereocenters. The molecule has 26 heavy (non-hydrogen) atoms. The van der Waals surface area contributed by atoms with E-state index >= 15 is 0 Å². The maximum atomic E-state index is 12.5. The van der Waals surface area contributed by atoms with Gasteiger partial charge in [0, 0.05) is 11.8 Å². The Morgan fingerprint density at radius 3 is 2.31 bits per heavy atom. The summed E-state index contributed by atoms with van der Waals surface area (Å²) >= 11 is 0. The van der Waals surface area contributed by atoms with Crippen molar-refractivity contribution in [1.29, 1.82) is 0 Å². The Bertz CT molecular complexity index is 896. The van der Waals surface area contributed by atoms with Crippen LogP contribution < -0.4 is 19.5 Å². The molecule has 0 saturated heterocycles. The summed E-state index contributed by atoms with van der Waals surface area (Å²) in [6, 6.07) is 10.5. The molecule has 140 valence electrons. The molecule has 0 spiro atoms. The number of carbonyl (C=O) groups excluding carboxylic acids is 1. The van der Waals surface area contributed by atoms with Crippen LogP contribution in [0, 0.1) is 6.92 Å². The number of nitrogens with one attached hydrogen (secondary N) is 2. The Morgan fingerprint density at radius 2 is 1.69 bits per heavy atom. The van der Waals surface area contributed by atoms with Gasteiger partial charge in [-0.1, -0.05) is 18.2 Å². The van der Waals surface area contributed by atoms with Crippen LogP contribution >= 0.6 is 0 Å². The van der Waals surface area contributed by atoms with Crippen LogP contribution in [0.3, 0.4) is 0 Å². The number of aryl methyl sites for hydroxylation is 1. The number of hydrogen-bond acceptors (Lipinski definition) is 5. The maximum Gasteiger partial charge on any atom is 0.242 e. The third kappa shape index (κ3) is 4.53. The zero-order valence-electron chi connectivity index (χ0n) is 15.1. The van der Waals surface area contributed by atoms with E-state index < -0.39 is 22.0 Å². The average Bonchev–Trinajstić information content (AvgIpc) is 2.62. The summed E-state index contributed by atoms with van der Waals surface area (Å²) in [6.07, 6.45) is 0. The van der Waals surface area contributed by atoms with Crippen molar-refractivity contribution in [2.24, 2.45) is 0 Å². The first-order valence-electron chi connectivity index (χ1n) is 7.89. The van der Waals surface area contributed by atoms with E-state index in [-0.39, 0.29) is 10.6 Å². The molecular formula is C18H22N2O5S. The first-order valence-corrected chi connectivity index (χ1v) is 9.37. The molecule has 2 rings (SSSR count).